The summed E-state index contributed by atoms with van der Waals surface area (Å²) in [4.78, 5) is 10.9. The number of hydrogen-bond acceptors (Lipinski definition) is 4. The molecule has 0 spiro atoms. The summed E-state index contributed by atoms with van der Waals surface area (Å²) in [5, 5.41) is 12.1. The summed E-state index contributed by atoms with van der Waals surface area (Å²) in [5.74, 6) is 0.442. The first-order valence-corrected chi connectivity index (χ1v) is 6.52. The zero-order valence-electron chi connectivity index (χ0n) is 11.0. The summed E-state index contributed by atoms with van der Waals surface area (Å²) in [5.41, 5.74) is 1.06. The van der Waals surface area contributed by atoms with Crippen molar-refractivity contribution in [2.75, 3.05) is 19.8 Å². The third-order valence-corrected chi connectivity index (χ3v) is 3.17. The highest BCUT2D eigenvalue weighted by molar-refractivity contribution is 5.70. The molecule has 0 saturated heterocycles. The molecule has 1 heterocycles. The van der Waals surface area contributed by atoms with E-state index in [1.807, 2.05) is 25.1 Å². The maximum Gasteiger partial charge on any atom is 0.307 e. The Morgan fingerprint density at radius 1 is 1.37 bits per heavy atom. The Labute approximate surface area is 112 Å². The van der Waals surface area contributed by atoms with E-state index in [0.29, 0.717) is 32.7 Å². The van der Waals surface area contributed by atoms with Crippen LogP contribution in [0.25, 0.3) is 0 Å². The monoisotopic (exact) mass is 265 g/mol. The van der Waals surface area contributed by atoms with Crippen molar-refractivity contribution < 1.29 is 19.4 Å². The van der Waals surface area contributed by atoms with Crippen LogP contribution in [0.1, 0.15) is 18.9 Å². The predicted molar refractivity (Wildman–Crippen MR) is 70.6 cm³/mol. The molecule has 0 aromatic heterocycles. The molecule has 0 fully saturated rings. The number of fused-ring (bicyclic) bond motifs is 1. The highest BCUT2D eigenvalue weighted by Gasteiger charge is 2.15. The second-order valence-corrected chi connectivity index (χ2v) is 4.55. The first kappa shape index (κ1) is 13.7. The smallest absolute Gasteiger partial charge is 0.307 e. The molecular weight excluding hydrogens is 246 g/mol. The van der Waals surface area contributed by atoms with Gasteiger partial charge in [-0.15, -0.1) is 0 Å². The molecule has 0 bridgehead atoms. The summed E-state index contributed by atoms with van der Waals surface area (Å²) in [6.07, 6.45) is 0.628. The van der Waals surface area contributed by atoms with Crippen LogP contribution in [-0.2, 0) is 11.3 Å². The van der Waals surface area contributed by atoms with Crippen LogP contribution < -0.4 is 14.8 Å². The third-order valence-electron chi connectivity index (χ3n) is 3.17. The van der Waals surface area contributed by atoms with Gasteiger partial charge in [-0.25, -0.2) is 0 Å². The van der Waals surface area contributed by atoms with Crippen molar-refractivity contribution >= 4 is 5.97 Å². The van der Waals surface area contributed by atoms with Gasteiger partial charge in [0.15, 0.2) is 11.5 Å². The van der Waals surface area contributed by atoms with E-state index in [1.54, 1.807) is 0 Å². The first-order valence-electron chi connectivity index (χ1n) is 6.52. The van der Waals surface area contributed by atoms with Crippen molar-refractivity contribution in [2.24, 2.45) is 5.92 Å². The van der Waals surface area contributed by atoms with Gasteiger partial charge in [-0.1, -0.05) is 13.0 Å². The summed E-state index contributed by atoms with van der Waals surface area (Å²) < 4.78 is 11.0. The molecule has 1 aliphatic rings. The second-order valence-electron chi connectivity index (χ2n) is 4.55. The number of rotatable bonds is 6. The number of ether oxygens (including phenoxy) is 2. The molecule has 0 amide bonds. The molecule has 1 aliphatic heterocycles. The van der Waals surface area contributed by atoms with Gasteiger partial charge in [0.2, 0.25) is 0 Å². The Balaban J connectivity index is 1.88. The lowest BCUT2D eigenvalue weighted by Gasteiger charge is -2.19. The number of nitrogens with one attached hydrogen (secondary N) is 1. The van der Waals surface area contributed by atoms with Crippen LogP contribution in [-0.4, -0.2) is 30.8 Å². The molecule has 2 rings (SSSR count). The third kappa shape index (κ3) is 3.61. The van der Waals surface area contributed by atoms with Crippen molar-refractivity contribution in [3.8, 4) is 11.5 Å². The number of hydrogen-bond donors (Lipinski definition) is 2. The molecule has 1 aromatic rings. The van der Waals surface area contributed by atoms with E-state index in [1.165, 1.54) is 0 Å². The Bertz CT molecular complexity index is 447. The zero-order chi connectivity index (χ0) is 13.7. The molecule has 1 aromatic carbocycles. The van der Waals surface area contributed by atoms with Gasteiger partial charge in [0.1, 0.15) is 13.2 Å². The topological polar surface area (TPSA) is 67.8 Å². The molecule has 2 N–H and O–H groups in total. The van der Waals surface area contributed by atoms with Gasteiger partial charge in [0, 0.05) is 13.1 Å². The average Bonchev–Trinajstić information content (AvgIpc) is 2.43. The van der Waals surface area contributed by atoms with Gasteiger partial charge in [-0.3, -0.25) is 4.79 Å². The van der Waals surface area contributed by atoms with Crippen molar-refractivity contribution in [1.82, 2.24) is 5.32 Å². The zero-order valence-corrected chi connectivity index (χ0v) is 11.0. The van der Waals surface area contributed by atoms with Crippen molar-refractivity contribution in [3.05, 3.63) is 23.8 Å². The van der Waals surface area contributed by atoms with E-state index in [2.05, 4.69) is 5.32 Å². The number of aliphatic carboxylic acids is 1. The molecule has 1 unspecified atom stereocenters. The maximum atomic E-state index is 10.9. The normalized spacial score (nSPS) is 15.0. The highest BCUT2D eigenvalue weighted by Crippen LogP contribution is 2.30. The average molecular weight is 265 g/mol. The van der Waals surface area contributed by atoms with Crippen LogP contribution in [0.4, 0.5) is 0 Å². The van der Waals surface area contributed by atoms with Gasteiger partial charge in [0.05, 0.1) is 5.92 Å². The number of carboxylic acid groups (broad SMARTS) is 1. The lowest BCUT2D eigenvalue weighted by Crippen LogP contribution is -2.27. The van der Waals surface area contributed by atoms with E-state index in [-0.39, 0.29) is 5.92 Å². The second kappa shape index (κ2) is 6.43. The minimum absolute atomic E-state index is 0.336. The molecule has 5 heteroatoms. The van der Waals surface area contributed by atoms with Gasteiger partial charge < -0.3 is 19.9 Å². The Morgan fingerprint density at radius 2 is 2.11 bits per heavy atom. The van der Waals surface area contributed by atoms with Crippen LogP contribution in [0.5, 0.6) is 11.5 Å². The lowest BCUT2D eigenvalue weighted by molar-refractivity contribution is -0.141. The van der Waals surface area contributed by atoms with Gasteiger partial charge in [-0.05, 0) is 24.1 Å². The summed E-state index contributed by atoms with van der Waals surface area (Å²) in [7, 11) is 0. The fraction of sp³-hybridized carbons (Fsp3) is 0.500. The molecule has 0 aliphatic carbocycles. The van der Waals surface area contributed by atoms with Gasteiger partial charge in [0.25, 0.3) is 0 Å². The number of carbonyl (C=O) groups is 1. The fourth-order valence-corrected chi connectivity index (χ4v) is 1.99. The number of benzene rings is 1. The minimum Gasteiger partial charge on any atom is -0.486 e. The van der Waals surface area contributed by atoms with Crippen LogP contribution in [0.3, 0.4) is 0 Å². The molecule has 104 valence electrons. The molecule has 0 saturated carbocycles. The summed E-state index contributed by atoms with van der Waals surface area (Å²) in [6.45, 7) is 4.13. The van der Waals surface area contributed by atoms with Crippen molar-refractivity contribution in [3.63, 3.8) is 0 Å². The molecule has 19 heavy (non-hydrogen) atoms. The van der Waals surface area contributed by atoms with Gasteiger partial charge >= 0.3 is 5.97 Å². The van der Waals surface area contributed by atoms with E-state index in [9.17, 15) is 4.79 Å². The highest BCUT2D eigenvalue weighted by atomic mass is 16.6. The van der Waals surface area contributed by atoms with E-state index >= 15 is 0 Å². The SMILES string of the molecule is CCC(CNCc1ccc2c(c1)OCCO2)C(=O)O. The quantitative estimate of drug-likeness (QED) is 0.818. The standard InChI is InChI=1S/C14H19NO4/c1-2-11(14(16)17)9-15-8-10-3-4-12-13(7-10)19-6-5-18-12/h3-4,7,11,15H,2,5-6,8-9H2,1H3,(H,16,17). The van der Waals surface area contributed by atoms with Crippen LogP contribution in [0, 0.1) is 5.92 Å². The Kier molecular flexibility index (Phi) is 4.63. The summed E-state index contributed by atoms with van der Waals surface area (Å²) >= 11 is 0. The van der Waals surface area contributed by atoms with E-state index < -0.39 is 5.97 Å². The maximum absolute atomic E-state index is 10.9. The largest absolute Gasteiger partial charge is 0.486 e. The molecule has 5 nitrogen and oxygen atoms in total. The van der Waals surface area contributed by atoms with Crippen molar-refractivity contribution in [2.45, 2.75) is 19.9 Å². The lowest BCUT2D eigenvalue weighted by atomic mass is 10.1. The Hall–Kier alpha value is -1.75. The van der Waals surface area contributed by atoms with Crippen LogP contribution in [0.15, 0.2) is 18.2 Å². The van der Waals surface area contributed by atoms with E-state index in [0.717, 1.165) is 17.1 Å². The first-order chi connectivity index (χ1) is 9.20. The molecular formula is C14H19NO4. The molecule has 1 atom stereocenters. The van der Waals surface area contributed by atoms with E-state index in [4.69, 9.17) is 14.6 Å². The molecule has 0 radical (unpaired) electrons. The predicted octanol–water partition coefficient (Wildman–Crippen LogP) is 1.66. The summed E-state index contributed by atoms with van der Waals surface area (Å²) in [6, 6.07) is 5.78. The Morgan fingerprint density at radius 3 is 2.79 bits per heavy atom. The minimum atomic E-state index is -0.753. The van der Waals surface area contributed by atoms with Crippen LogP contribution >= 0.6 is 0 Å². The fourth-order valence-electron chi connectivity index (χ4n) is 1.99. The van der Waals surface area contributed by atoms with Crippen molar-refractivity contribution in [1.29, 1.82) is 0 Å². The number of carboxylic acids is 1. The van der Waals surface area contributed by atoms with Crippen LogP contribution in [0.2, 0.25) is 0 Å². The van der Waals surface area contributed by atoms with Gasteiger partial charge in [-0.2, -0.15) is 0 Å².